The van der Waals surface area contributed by atoms with E-state index in [4.69, 9.17) is 0 Å². The number of hydrogen-bond acceptors (Lipinski definition) is 6. The highest BCUT2D eigenvalue weighted by Crippen LogP contribution is 2.05. The van der Waals surface area contributed by atoms with Gasteiger partial charge in [0, 0.05) is 50.3 Å². The number of nitrogens with one attached hydrogen (secondary N) is 2. The third-order valence-electron chi connectivity index (χ3n) is 2.84. The van der Waals surface area contributed by atoms with Crippen LogP contribution in [0, 0.1) is 0 Å². The lowest BCUT2D eigenvalue weighted by Crippen LogP contribution is -2.45. The molecule has 1 aromatic heterocycles. The molecule has 2 heterocycles. The van der Waals surface area contributed by atoms with E-state index in [1.54, 1.807) is 11.7 Å². The highest BCUT2D eigenvalue weighted by molar-refractivity contribution is 7.89. The van der Waals surface area contributed by atoms with Gasteiger partial charge in [-0.05, 0) is 0 Å². The third kappa shape index (κ3) is 4.62. The summed E-state index contributed by atoms with van der Waals surface area (Å²) in [5.74, 6) is 0.159. The summed E-state index contributed by atoms with van der Waals surface area (Å²) in [6.45, 7) is 4.66. The molecule has 0 unspecified atom stereocenters. The molecule has 102 valence electrons. The maximum Gasteiger partial charge on any atom is 0.213 e. The van der Waals surface area contributed by atoms with Gasteiger partial charge in [0.25, 0.3) is 0 Å². The van der Waals surface area contributed by atoms with Crippen molar-refractivity contribution >= 4 is 21.4 Å². The zero-order valence-electron chi connectivity index (χ0n) is 10.1. The molecule has 0 radical (unpaired) electrons. The predicted molar refractivity (Wildman–Crippen MR) is 72.1 cm³/mol. The van der Waals surface area contributed by atoms with Crippen LogP contribution in [0.3, 0.4) is 0 Å². The second-order valence-electron chi connectivity index (χ2n) is 4.20. The molecular weight excluding hydrogens is 272 g/mol. The summed E-state index contributed by atoms with van der Waals surface area (Å²) in [6.07, 6.45) is 1.68. The Morgan fingerprint density at radius 3 is 2.89 bits per heavy atom. The van der Waals surface area contributed by atoms with E-state index in [0.717, 1.165) is 31.1 Å². The van der Waals surface area contributed by atoms with Crippen LogP contribution in [-0.4, -0.2) is 56.8 Å². The van der Waals surface area contributed by atoms with Crippen LogP contribution in [0.1, 0.15) is 4.88 Å². The van der Waals surface area contributed by atoms with Crippen molar-refractivity contribution in [2.75, 3.05) is 38.5 Å². The highest BCUT2D eigenvalue weighted by Gasteiger charge is 2.15. The Labute approximate surface area is 111 Å². The van der Waals surface area contributed by atoms with E-state index in [1.807, 2.05) is 0 Å². The van der Waals surface area contributed by atoms with Crippen molar-refractivity contribution in [1.29, 1.82) is 0 Å². The molecule has 2 N–H and O–H groups in total. The monoisotopic (exact) mass is 290 g/mol. The molecule has 1 fully saturated rings. The molecule has 1 aliphatic rings. The second kappa shape index (κ2) is 6.58. The quantitative estimate of drug-likeness (QED) is 0.736. The molecule has 6 nitrogen and oxygen atoms in total. The van der Waals surface area contributed by atoms with Gasteiger partial charge in [-0.2, -0.15) is 0 Å². The van der Waals surface area contributed by atoms with Crippen molar-refractivity contribution in [1.82, 2.24) is 19.9 Å². The van der Waals surface area contributed by atoms with Crippen molar-refractivity contribution in [2.24, 2.45) is 0 Å². The van der Waals surface area contributed by atoms with Crippen LogP contribution in [0.25, 0.3) is 0 Å². The van der Waals surface area contributed by atoms with E-state index in [1.165, 1.54) is 11.3 Å². The average Bonchev–Trinajstić information content (AvgIpc) is 2.89. The lowest BCUT2D eigenvalue weighted by Gasteiger charge is -2.26. The van der Waals surface area contributed by atoms with Crippen molar-refractivity contribution in [3.63, 3.8) is 0 Å². The van der Waals surface area contributed by atoms with E-state index in [2.05, 4.69) is 19.9 Å². The maximum absolute atomic E-state index is 11.8. The minimum atomic E-state index is -3.19. The molecule has 2 rings (SSSR count). The Hall–Kier alpha value is -0.540. The summed E-state index contributed by atoms with van der Waals surface area (Å²) in [6, 6.07) is 0. The fourth-order valence-corrected chi connectivity index (χ4v) is 3.41. The van der Waals surface area contributed by atoms with Gasteiger partial charge in [-0.3, -0.25) is 9.88 Å². The number of rotatable bonds is 6. The summed E-state index contributed by atoms with van der Waals surface area (Å²) in [5, 5.41) is 3.24. The van der Waals surface area contributed by atoms with E-state index < -0.39 is 10.0 Å². The first-order valence-corrected chi connectivity index (χ1v) is 8.47. The van der Waals surface area contributed by atoms with Gasteiger partial charge in [-0.1, -0.05) is 0 Å². The molecule has 18 heavy (non-hydrogen) atoms. The molecule has 0 aromatic carbocycles. The summed E-state index contributed by atoms with van der Waals surface area (Å²) in [5.41, 5.74) is 1.70. The van der Waals surface area contributed by atoms with E-state index >= 15 is 0 Å². The van der Waals surface area contributed by atoms with Crippen LogP contribution in [0.4, 0.5) is 0 Å². The van der Waals surface area contributed by atoms with Crippen molar-refractivity contribution in [3.05, 3.63) is 16.6 Å². The molecule has 0 bridgehead atoms. The number of aromatic nitrogens is 1. The number of sulfonamides is 1. The van der Waals surface area contributed by atoms with Crippen molar-refractivity contribution in [3.8, 4) is 0 Å². The molecule has 1 aromatic rings. The lowest BCUT2D eigenvalue weighted by molar-refractivity contribution is 0.253. The third-order valence-corrected chi connectivity index (χ3v) is 4.92. The molecule has 8 heteroatoms. The molecule has 0 amide bonds. The number of thiazole rings is 1. The minimum absolute atomic E-state index is 0.159. The number of piperazine rings is 1. The predicted octanol–water partition coefficient (Wildman–Crippen LogP) is -0.532. The minimum Gasteiger partial charge on any atom is -0.314 e. The fourth-order valence-electron chi connectivity index (χ4n) is 1.77. The zero-order chi connectivity index (χ0) is 12.8. The molecule has 0 atom stereocenters. The molecular formula is C10H18N4O2S2. The Morgan fingerprint density at radius 1 is 1.44 bits per heavy atom. The van der Waals surface area contributed by atoms with Gasteiger partial charge in [0.05, 0.1) is 11.3 Å². The van der Waals surface area contributed by atoms with Crippen LogP contribution in [0.15, 0.2) is 11.7 Å². The maximum atomic E-state index is 11.8. The van der Waals surface area contributed by atoms with Gasteiger partial charge in [0.15, 0.2) is 0 Å². The Bertz CT molecular complexity index is 440. The first-order chi connectivity index (χ1) is 8.66. The van der Waals surface area contributed by atoms with Gasteiger partial charge in [-0.15, -0.1) is 11.3 Å². The fraction of sp³-hybridized carbons (Fsp3) is 0.700. The lowest BCUT2D eigenvalue weighted by atomic mass is 10.4. The van der Waals surface area contributed by atoms with Gasteiger partial charge in [0.1, 0.15) is 0 Å². The topological polar surface area (TPSA) is 74.3 Å². The van der Waals surface area contributed by atoms with Crippen LogP contribution in [-0.2, 0) is 16.6 Å². The van der Waals surface area contributed by atoms with Gasteiger partial charge < -0.3 is 5.32 Å². The van der Waals surface area contributed by atoms with Crippen LogP contribution in [0.5, 0.6) is 0 Å². The summed E-state index contributed by atoms with van der Waals surface area (Å²) >= 11 is 1.45. The Morgan fingerprint density at radius 2 is 2.22 bits per heavy atom. The highest BCUT2D eigenvalue weighted by atomic mass is 32.2. The summed E-state index contributed by atoms with van der Waals surface area (Å²) < 4.78 is 26.2. The normalized spacial score (nSPS) is 18.0. The molecule has 1 aliphatic heterocycles. The molecule has 0 aliphatic carbocycles. The summed E-state index contributed by atoms with van der Waals surface area (Å²) in [4.78, 5) is 7.01. The van der Waals surface area contributed by atoms with E-state index in [0.29, 0.717) is 13.1 Å². The van der Waals surface area contributed by atoms with Gasteiger partial charge >= 0.3 is 0 Å². The van der Waals surface area contributed by atoms with Crippen LogP contribution >= 0.6 is 11.3 Å². The van der Waals surface area contributed by atoms with Gasteiger partial charge in [-0.25, -0.2) is 13.1 Å². The first-order valence-electron chi connectivity index (χ1n) is 5.93. The average molecular weight is 290 g/mol. The number of hydrogen-bond donors (Lipinski definition) is 2. The standard InChI is InChI=1S/C10H18N4O2S2/c15-18(16,13-8-10-7-12-9-17-10)6-5-14-3-1-11-2-4-14/h7,9,11,13H,1-6,8H2. The van der Waals surface area contributed by atoms with Gasteiger partial charge in [0.2, 0.25) is 10.0 Å². The van der Waals surface area contributed by atoms with Crippen LogP contribution < -0.4 is 10.0 Å². The largest absolute Gasteiger partial charge is 0.314 e. The summed E-state index contributed by atoms with van der Waals surface area (Å²) in [7, 11) is -3.19. The van der Waals surface area contributed by atoms with E-state index in [-0.39, 0.29) is 5.75 Å². The Kier molecular flexibility index (Phi) is 5.07. The van der Waals surface area contributed by atoms with Crippen LogP contribution in [0.2, 0.25) is 0 Å². The smallest absolute Gasteiger partial charge is 0.213 e. The van der Waals surface area contributed by atoms with Crippen molar-refractivity contribution in [2.45, 2.75) is 6.54 Å². The molecule has 0 saturated carbocycles. The SMILES string of the molecule is O=S(=O)(CCN1CCNCC1)NCc1cncs1. The zero-order valence-corrected chi connectivity index (χ0v) is 11.8. The molecule has 1 saturated heterocycles. The van der Waals surface area contributed by atoms with E-state index in [9.17, 15) is 8.42 Å². The first kappa shape index (κ1) is 13.9. The second-order valence-corrected chi connectivity index (χ2v) is 7.10. The Balaban J connectivity index is 1.73. The number of nitrogens with zero attached hydrogens (tertiary/aromatic N) is 2. The van der Waals surface area contributed by atoms with Crippen molar-refractivity contribution < 1.29 is 8.42 Å². The molecule has 0 spiro atoms.